The van der Waals surface area contributed by atoms with E-state index in [9.17, 15) is 14.9 Å². The van der Waals surface area contributed by atoms with Crippen molar-refractivity contribution in [2.45, 2.75) is 18.6 Å². The summed E-state index contributed by atoms with van der Waals surface area (Å²) >= 11 is 13.1. The molecule has 3 rings (SSSR count). The van der Waals surface area contributed by atoms with E-state index in [0.717, 1.165) is 0 Å². The first-order chi connectivity index (χ1) is 13.9. The second-order valence-corrected chi connectivity index (χ2v) is 7.61. The van der Waals surface area contributed by atoms with Gasteiger partial charge in [-0.1, -0.05) is 47.1 Å². The van der Waals surface area contributed by atoms with E-state index in [2.05, 4.69) is 15.5 Å². The third-order valence-electron chi connectivity index (χ3n) is 3.89. The molecule has 0 unspecified atom stereocenters. The average molecular weight is 452 g/mol. The predicted molar refractivity (Wildman–Crippen MR) is 114 cm³/mol. The molecule has 1 aromatic heterocycles. The Balaban J connectivity index is 1.73. The fourth-order valence-corrected chi connectivity index (χ4v) is 3.82. The minimum absolute atomic E-state index is 0.0263. The molecular formula is C18H15Cl2N5O3S. The van der Waals surface area contributed by atoms with Crippen molar-refractivity contribution in [2.75, 3.05) is 11.1 Å². The number of nitrogens with one attached hydrogen (secondary N) is 1. The monoisotopic (exact) mass is 451 g/mol. The Bertz CT molecular complexity index is 1070. The summed E-state index contributed by atoms with van der Waals surface area (Å²) < 4.78 is 1.80. The molecule has 0 atom stereocenters. The zero-order valence-corrected chi connectivity index (χ0v) is 17.5. The van der Waals surface area contributed by atoms with Crippen LogP contribution < -0.4 is 5.32 Å². The van der Waals surface area contributed by atoms with Crippen LogP contribution in [0.1, 0.15) is 6.92 Å². The van der Waals surface area contributed by atoms with Crippen LogP contribution in [0.25, 0.3) is 11.4 Å². The molecule has 0 saturated carbocycles. The SMILES string of the molecule is CCn1c(SCC(=O)Nc2ccc(Cl)cc2Cl)nnc1-c1cccc([N+](=O)[O-])c1. The largest absolute Gasteiger partial charge is 0.324 e. The van der Waals surface area contributed by atoms with Gasteiger partial charge in [0, 0.05) is 29.3 Å². The van der Waals surface area contributed by atoms with E-state index in [0.29, 0.717) is 38.8 Å². The number of amides is 1. The molecule has 3 aromatic rings. The van der Waals surface area contributed by atoms with Crippen LogP contribution in [0.5, 0.6) is 0 Å². The lowest BCUT2D eigenvalue weighted by molar-refractivity contribution is -0.384. The first-order valence-corrected chi connectivity index (χ1v) is 10.2. The van der Waals surface area contributed by atoms with Gasteiger partial charge < -0.3 is 9.88 Å². The number of thioether (sulfide) groups is 1. The number of benzene rings is 2. The molecule has 29 heavy (non-hydrogen) atoms. The van der Waals surface area contributed by atoms with Gasteiger partial charge in [-0.15, -0.1) is 10.2 Å². The number of aromatic nitrogens is 3. The molecule has 0 bridgehead atoms. The number of carbonyl (C=O) groups excluding carboxylic acids is 1. The van der Waals surface area contributed by atoms with Crippen molar-refractivity contribution in [2.24, 2.45) is 0 Å². The lowest BCUT2D eigenvalue weighted by Gasteiger charge is -2.09. The maximum atomic E-state index is 12.3. The number of nitrogens with zero attached hydrogens (tertiary/aromatic N) is 4. The van der Waals surface area contributed by atoms with Gasteiger partial charge in [0.1, 0.15) is 0 Å². The molecule has 1 heterocycles. The highest BCUT2D eigenvalue weighted by Gasteiger charge is 2.17. The van der Waals surface area contributed by atoms with Gasteiger partial charge in [-0.25, -0.2) is 0 Å². The molecule has 0 aliphatic heterocycles. The van der Waals surface area contributed by atoms with Crippen LogP contribution in [0, 0.1) is 10.1 Å². The third kappa shape index (κ3) is 5.06. The normalized spacial score (nSPS) is 10.7. The minimum atomic E-state index is -0.460. The maximum Gasteiger partial charge on any atom is 0.270 e. The molecule has 2 aromatic carbocycles. The van der Waals surface area contributed by atoms with Crippen LogP contribution in [-0.4, -0.2) is 31.3 Å². The van der Waals surface area contributed by atoms with Crippen LogP contribution in [0.3, 0.4) is 0 Å². The Hall–Kier alpha value is -2.62. The summed E-state index contributed by atoms with van der Waals surface area (Å²) in [5.74, 6) is 0.327. The Morgan fingerprint density at radius 3 is 2.72 bits per heavy atom. The second kappa shape index (κ2) is 9.25. The second-order valence-electron chi connectivity index (χ2n) is 5.82. The van der Waals surface area contributed by atoms with Gasteiger partial charge in [-0.3, -0.25) is 14.9 Å². The molecule has 0 saturated heterocycles. The predicted octanol–water partition coefficient (Wildman–Crippen LogP) is 4.91. The summed E-state index contributed by atoms with van der Waals surface area (Å²) in [6, 6.07) is 11.0. The van der Waals surface area contributed by atoms with Crippen molar-refractivity contribution in [3.05, 3.63) is 62.6 Å². The number of hydrogen-bond acceptors (Lipinski definition) is 6. The highest BCUT2D eigenvalue weighted by atomic mass is 35.5. The van der Waals surface area contributed by atoms with E-state index in [1.54, 1.807) is 34.9 Å². The molecule has 0 radical (unpaired) electrons. The number of nitro groups is 1. The van der Waals surface area contributed by atoms with Gasteiger partial charge in [0.15, 0.2) is 11.0 Å². The number of anilines is 1. The van der Waals surface area contributed by atoms with Gasteiger partial charge in [0.2, 0.25) is 5.91 Å². The topological polar surface area (TPSA) is 103 Å². The van der Waals surface area contributed by atoms with Crippen LogP contribution >= 0.6 is 35.0 Å². The molecule has 0 aliphatic rings. The quantitative estimate of drug-likeness (QED) is 0.310. The summed E-state index contributed by atoms with van der Waals surface area (Å²) in [4.78, 5) is 22.8. The van der Waals surface area contributed by atoms with E-state index in [1.165, 1.54) is 23.9 Å². The number of hydrogen-bond donors (Lipinski definition) is 1. The first-order valence-electron chi connectivity index (χ1n) is 8.44. The summed E-state index contributed by atoms with van der Waals surface area (Å²) in [5, 5.41) is 23.4. The van der Waals surface area contributed by atoms with Gasteiger partial charge in [-0.05, 0) is 25.1 Å². The standard InChI is InChI=1S/C18H15Cl2N5O3S/c1-2-24-17(11-4-3-5-13(8-11)25(27)28)22-23-18(24)29-10-16(26)21-15-7-6-12(19)9-14(15)20/h3-9H,2,10H2,1H3,(H,21,26). The van der Waals surface area contributed by atoms with Crippen molar-refractivity contribution in [1.29, 1.82) is 0 Å². The first kappa shape index (κ1) is 21.1. The molecule has 1 amide bonds. The number of non-ortho nitro benzene ring substituents is 1. The lowest BCUT2D eigenvalue weighted by Crippen LogP contribution is -2.15. The van der Waals surface area contributed by atoms with Crippen LogP contribution in [0.4, 0.5) is 11.4 Å². The van der Waals surface area contributed by atoms with E-state index in [-0.39, 0.29) is 17.3 Å². The van der Waals surface area contributed by atoms with E-state index in [4.69, 9.17) is 23.2 Å². The molecule has 0 spiro atoms. The Morgan fingerprint density at radius 1 is 1.24 bits per heavy atom. The number of rotatable bonds is 7. The molecule has 1 N–H and O–H groups in total. The van der Waals surface area contributed by atoms with Crippen molar-refractivity contribution >= 4 is 52.2 Å². The summed E-state index contributed by atoms with van der Waals surface area (Å²) in [6.45, 7) is 2.44. The number of nitro benzene ring substituents is 1. The van der Waals surface area contributed by atoms with Crippen LogP contribution in [0.2, 0.25) is 10.0 Å². The minimum Gasteiger partial charge on any atom is -0.324 e. The average Bonchev–Trinajstić information content (AvgIpc) is 3.11. The molecular weight excluding hydrogens is 437 g/mol. The summed E-state index contributed by atoms with van der Waals surface area (Å²) in [6.07, 6.45) is 0. The number of halogens is 2. The van der Waals surface area contributed by atoms with Crippen molar-refractivity contribution in [3.63, 3.8) is 0 Å². The van der Waals surface area contributed by atoms with Crippen molar-refractivity contribution in [3.8, 4) is 11.4 Å². The fourth-order valence-electron chi connectivity index (χ4n) is 2.56. The summed E-state index contributed by atoms with van der Waals surface area (Å²) in [7, 11) is 0. The third-order valence-corrected chi connectivity index (χ3v) is 5.40. The van der Waals surface area contributed by atoms with Gasteiger partial charge in [0.25, 0.3) is 5.69 Å². The zero-order chi connectivity index (χ0) is 21.0. The van der Waals surface area contributed by atoms with Gasteiger partial charge in [0.05, 0.1) is 21.4 Å². The highest BCUT2D eigenvalue weighted by molar-refractivity contribution is 7.99. The summed E-state index contributed by atoms with van der Waals surface area (Å²) in [5.41, 5.74) is 1.02. The van der Waals surface area contributed by atoms with E-state index < -0.39 is 4.92 Å². The zero-order valence-electron chi connectivity index (χ0n) is 15.1. The smallest absolute Gasteiger partial charge is 0.270 e. The van der Waals surface area contributed by atoms with Crippen molar-refractivity contribution in [1.82, 2.24) is 14.8 Å². The highest BCUT2D eigenvalue weighted by Crippen LogP contribution is 2.28. The van der Waals surface area contributed by atoms with E-state index in [1.807, 2.05) is 6.92 Å². The van der Waals surface area contributed by atoms with Gasteiger partial charge in [-0.2, -0.15) is 0 Å². The van der Waals surface area contributed by atoms with Crippen LogP contribution in [-0.2, 0) is 11.3 Å². The van der Waals surface area contributed by atoms with E-state index >= 15 is 0 Å². The molecule has 0 aliphatic carbocycles. The maximum absolute atomic E-state index is 12.3. The molecule has 150 valence electrons. The Kier molecular flexibility index (Phi) is 6.73. The van der Waals surface area contributed by atoms with Crippen LogP contribution in [0.15, 0.2) is 47.6 Å². The fraction of sp³-hybridized carbons (Fsp3) is 0.167. The Morgan fingerprint density at radius 2 is 2.03 bits per heavy atom. The number of carbonyl (C=O) groups is 1. The van der Waals surface area contributed by atoms with Crippen molar-refractivity contribution < 1.29 is 9.72 Å². The molecule has 8 nitrogen and oxygen atoms in total. The van der Waals surface area contributed by atoms with Gasteiger partial charge >= 0.3 is 0 Å². The molecule has 11 heteroatoms. The molecule has 0 fully saturated rings. The Labute approximate surface area is 180 Å². The lowest BCUT2D eigenvalue weighted by atomic mass is 10.2.